The Kier molecular flexibility index (Phi) is 7.59. The van der Waals surface area contributed by atoms with E-state index in [9.17, 15) is 18.0 Å². The number of nitrogens with two attached hydrogens (primary N) is 1. The first-order chi connectivity index (χ1) is 13.6. The van der Waals surface area contributed by atoms with Crippen molar-refractivity contribution in [2.24, 2.45) is 5.14 Å². The minimum Gasteiger partial charge on any atom is -0.493 e. The van der Waals surface area contributed by atoms with Gasteiger partial charge in [-0.05, 0) is 42.0 Å². The van der Waals surface area contributed by atoms with Crippen molar-refractivity contribution in [2.45, 2.75) is 11.3 Å². The van der Waals surface area contributed by atoms with Gasteiger partial charge in [0, 0.05) is 10.2 Å². The number of ether oxygens (including phenoxy) is 3. The average molecular weight is 487 g/mol. The topological polar surface area (TPSA) is 134 Å². The molecule has 2 aromatic carbocycles. The van der Waals surface area contributed by atoms with Crippen molar-refractivity contribution < 1.29 is 32.2 Å². The maximum absolute atomic E-state index is 12.1. The van der Waals surface area contributed by atoms with Gasteiger partial charge in [-0.2, -0.15) is 0 Å². The van der Waals surface area contributed by atoms with Crippen LogP contribution < -0.4 is 19.9 Å². The molecule has 0 saturated carbocycles. The summed E-state index contributed by atoms with van der Waals surface area (Å²) in [5.41, 5.74) is 0.938. The molecule has 11 heteroatoms. The highest BCUT2D eigenvalue weighted by Gasteiger charge is 2.15. The predicted molar refractivity (Wildman–Crippen MR) is 108 cm³/mol. The van der Waals surface area contributed by atoms with E-state index in [1.165, 1.54) is 38.5 Å². The van der Waals surface area contributed by atoms with Crippen LogP contribution in [0.15, 0.2) is 45.8 Å². The quantitative estimate of drug-likeness (QED) is 0.543. The Morgan fingerprint density at radius 1 is 1.07 bits per heavy atom. The van der Waals surface area contributed by atoms with Gasteiger partial charge in [0.05, 0.1) is 25.5 Å². The maximum atomic E-state index is 12.1. The molecule has 1 amide bonds. The van der Waals surface area contributed by atoms with E-state index in [1.807, 2.05) is 0 Å². The van der Waals surface area contributed by atoms with Gasteiger partial charge in [-0.3, -0.25) is 9.59 Å². The summed E-state index contributed by atoms with van der Waals surface area (Å²) in [6.07, 6.45) is -0.0860. The van der Waals surface area contributed by atoms with Gasteiger partial charge in [0.2, 0.25) is 10.0 Å². The molecule has 0 saturated heterocycles. The Hall–Kier alpha value is -2.63. The molecule has 29 heavy (non-hydrogen) atoms. The summed E-state index contributed by atoms with van der Waals surface area (Å²) in [6.45, 7) is -0.499. The molecule has 2 aromatic rings. The van der Waals surface area contributed by atoms with E-state index in [2.05, 4.69) is 21.2 Å². The maximum Gasteiger partial charge on any atom is 0.310 e. The van der Waals surface area contributed by atoms with Crippen molar-refractivity contribution in [1.82, 2.24) is 0 Å². The first kappa shape index (κ1) is 22.7. The monoisotopic (exact) mass is 486 g/mol. The third-order valence-corrected chi connectivity index (χ3v) is 5.39. The van der Waals surface area contributed by atoms with Crippen LogP contribution in [0.1, 0.15) is 5.56 Å². The largest absolute Gasteiger partial charge is 0.493 e. The fourth-order valence-corrected chi connectivity index (χ4v) is 3.29. The van der Waals surface area contributed by atoms with Crippen LogP contribution in [0.5, 0.6) is 11.5 Å². The number of nitrogens with one attached hydrogen (secondary N) is 1. The van der Waals surface area contributed by atoms with E-state index in [4.69, 9.17) is 19.3 Å². The van der Waals surface area contributed by atoms with Crippen molar-refractivity contribution in [3.63, 3.8) is 0 Å². The zero-order valence-electron chi connectivity index (χ0n) is 15.6. The van der Waals surface area contributed by atoms with Gasteiger partial charge in [-0.25, -0.2) is 13.6 Å². The van der Waals surface area contributed by atoms with E-state index in [-0.39, 0.29) is 11.3 Å². The smallest absolute Gasteiger partial charge is 0.310 e. The molecule has 156 valence electrons. The van der Waals surface area contributed by atoms with Crippen molar-refractivity contribution in [1.29, 1.82) is 0 Å². The van der Waals surface area contributed by atoms with Crippen molar-refractivity contribution in [3.8, 4) is 11.5 Å². The number of halogens is 1. The summed E-state index contributed by atoms with van der Waals surface area (Å²) in [5.74, 6) is -0.228. The second-order valence-electron chi connectivity index (χ2n) is 5.75. The number of esters is 1. The molecule has 0 heterocycles. The van der Waals surface area contributed by atoms with E-state index < -0.39 is 28.5 Å². The minimum atomic E-state index is -3.82. The molecule has 0 atom stereocenters. The number of methoxy groups -OCH3 is 2. The number of benzene rings is 2. The molecule has 3 N–H and O–H groups in total. The molecule has 9 nitrogen and oxygen atoms in total. The third kappa shape index (κ3) is 6.44. The lowest BCUT2D eigenvalue weighted by Gasteiger charge is -2.12. The van der Waals surface area contributed by atoms with E-state index in [0.29, 0.717) is 27.2 Å². The first-order valence-corrected chi connectivity index (χ1v) is 10.5. The van der Waals surface area contributed by atoms with Crippen molar-refractivity contribution >= 4 is 43.5 Å². The standard InChI is InChI=1S/C18H19BrN2O7S/c1-26-15-7-11(14(19)9-16(15)27-2)8-18(23)28-10-17(22)21-12-3-5-13(6-4-12)29(20,24)25/h3-7,9H,8,10H2,1-2H3,(H,21,22)(H2,20,24,25). The zero-order chi connectivity index (χ0) is 21.6. The summed E-state index contributed by atoms with van der Waals surface area (Å²) in [6, 6.07) is 8.56. The van der Waals surface area contributed by atoms with Gasteiger partial charge in [-0.15, -0.1) is 0 Å². The van der Waals surface area contributed by atoms with Gasteiger partial charge in [0.15, 0.2) is 18.1 Å². The average Bonchev–Trinajstić information content (AvgIpc) is 2.67. The number of hydrogen-bond acceptors (Lipinski definition) is 7. The summed E-state index contributed by atoms with van der Waals surface area (Å²) >= 11 is 3.35. The van der Waals surface area contributed by atoms with Crippen LogP contribution in [0, 0.1) is 0 Å². The molecule has 0 aliphatic carbocycles. The molecule has 0 fully saturated rings. The SMILES string of the molecule is COc1cc(Br)c(CC(=O)OCC(=O)Nc2ccc(S(N)(=O)=O)cc2)cc1OC. The Balaban J connectivity index is 1.91. The van der Waals surface area contributed by atoms with Crippen LogP contribution in [-0.4, -0.2) is 41.1 Å². The molecule has 0 aromatic heterocycles. The fraction of sp³-hybridized carbons (Fsp3) is 0.222. The molecule has 2 rings (SSSR count). The summed E-state index contributed by atoms with van der Waals surface area (Å²) in [5, 5.41) is 7.49. The second-order valence-corrected chi connectivity index (χ2v) is 8.17. The lowest BCUT2D eigenvalue weighted by Crippen LogP contribution is -2.21. The first-order valence-electron chi connectivity index (χ1n) is 8.12. The van der Waals surface area contributed by atoms with Gasteiger partial charge >= 0.3 is 5.97 Å². The summed E-state index contributed by atoms with van der Waals surface area (Å²) in [7, 11) is -0.836. The van der Waals surface area contributed by atoms with Gasteiger partial charge < -0.3 is 19.5 Å². The normalized spacial score (nSPS) is 10.9. The van der Waals surface area contributed by atoms with E-state index >= 15 is 0 Å². The lowest BCUT2D eigenvalue weighted by atomic mass is 10.1. The fourth-order valence-electron chi connectivity index (χ4n) is 2.31. The van der Waals surface area contributed by atoms with Crippen LogP contribution in [-0.2, 0) is 30.8 Å². The molecular formula is C18H19BrN2O7S. The lowest BCUT2D eigenvalue weighted by molar-refractivity contribution is -0.146. The highest BCUT2D eigenvalue weighted by Crippen LogP contribution is 2.33. The Labute approximate surface area is 176 Å². The third-order valence-electron chi connectivity index (χ3n) is 3.72. The summed E-state index contributed by atoms with van der Waals surface area (Å²) in [4.78, 5) is 23.9. The number of anilines is 1. The number of rotatable bonds is 8. The van der Waals surface area contributed by atoms with Crippen molar-refractivity contribution in [3.05, 3.63) is 46.4 Å². The van der Waals surface area contributed by atoms with E-state index in [1.54, 1.807) is 12.1 Å². The Morgan fingerprint density at radius 3 is 2.21 bits per heavy atom. The van der Waals surface area contributed by atoms with Crippen LogP contribution in [0.3, 0.4) is 0 Å². The van der Waals surface area contributed by atoms with Gasteiger partial charge in [0.25, 0.3) is 5.91 Å². The highest BCUT2D eigenvalue weighted by atomic mass is 79.9. The Bertz CT molecular complexity index is 1010. The van der Waals surface area contributed by atoms with E-state index in [0.717, 1.165) is 0 Å². The number of hydrogen-bond donors (Lipinski definition) is 2. The number of amides is 1. The van der Waals surface area contributed by atoms with Gasteiger partial charge in [0.1, 0.15) is 0 Å². The minimum absolute atomic E-state index is 0.0811. The van der Waals surface area contributed by atoms with Crippen LogP contribution >= 0.6 is 15.9 Å². The summed E-state index contributed by atoms with van der Waals surface area (Å²) < 4.78 is 38.4. The highest BCUT2D eigenvalue weighted by molar-refractivity contribution is 9.10. The molecule has 0 spiro atoms. The molecular weight excluding hydrogens is 468 g/mol. The van der Waals surface area contributed by atoms with Crippen LogP contribution in [0.25, 0.3) is 0 Å². The number of sulfonamides is 1. The number of primary sulfonamides is 1. The predicted octanol–water partition coefficient (Wildman–Crippen LogP) is 1.84. The van der Waals surface area contributed by atoms with Crippen LogP contribution in [0.4, 0.5) is 5.69 Å². The zero-order valence-corrected chi connectivity index (χ0v) is 18.0. The molecule has 0 aliphatic rings. The molecule has 0 radical (unpaired) electrons. The van der Waals surface area contributed by atoms with Gasteiger partial charge in [-0.1, -0.05) is 15.9 Å². The van der Waals surface area contributed by atoms with Crippen molar-refractivity contribution in [2.75, 3.05) is 26.1 Å². The Morgan fingerprint density at radius 2 is 1.66 bits per heavy atom. The number of carbonyl (C=O) groups is 2. The molecule has 0 unspecified atom stereocenters. The number of carbonyl (C=O) groups excluding carboxylic acids is 2. The second kappa shape index (κ2) is 9.72. The molecule has 0 bridgehead atoms. The van der Waals surface area contributed by atoms with Crippen LogP contribution in [0.2, 0.25) is 0 Å². The molecule has 0 aliphatic heterocycles.